The zero-order valence-electron chi connectivity index (χ0n) is 11.6. The Kier molecular flexibility index (Phi) is 3.76. The highest BCUT2D eigenvalue weighted by Gasteiger charge is 2.16. The highest BCUT2D eigenvalue weighted by molar-refractivity contribution is 7.97. The van der Waals surface area contributed by atoms with Gasteiger partial charge in [0.05, 0.1) is 11.4 Å². The van der Waals surface area contributed by atoms with E-state index in [1.165, 1.54) is 15.2 Å². The molecule has 5 nitrogen and oxygen atoms in total. The first-order valence-corrected chi connectivity index (χ1v) is 7.78. The maximum Gasteiger partial charge on any atom is 0.336 e. The number of fused-ring (bicyclic) bond motifs is 1. The fraction of sp³-hybridized carbons (Fsp3) is 0.133. The van der Waals surface area contributed by atoms with Gasteiger partial charge >= 0.3 is 5.69 Å². The number of thiazole rings is 1. The lowest BCUT2D eigenvalue weighted by Gasteiger charge is -2.07. The average Bonchev–Trinajstić information content (AvgIpc) is 2.96. The lowest BCUT2D eigenvalue weighted by molar-refractivity contribution is 0.109. The van der Waals surface area contributed by atoms with Crippen molar-refractivity contribution in [2.45, 2.75) is 13.5 Å². The molecule has 22 heavy (non-hydrogen) atoms. The van der Waals surface area contributed by atoms with Gasteiger partial charge in [-0.15, -0.1) is 11.3 Å². The van der Waals surface area contributed by atoms with Crippen molar-refractivity contribution in [3.63, 3.8) is 0 Å². The van der Waals surface area contributed by atoms with Crippen molar-refractivity contribution >= 4 is 33.9 Å². The smallest absolute Gasteiger partial charge is 0.281 e. The fourth-order valence-electron chi connectivity index (χ4n) is 2.27. The molecule has 0 spiro atoms. The SMILES string of the molecule is Cc1c(=O)n(Cc2ccccc2)c(=O)n2cc(C(=O)S)sc12. The first-order chi connectivity index (χ1) is 10.5. The first kappa shape index (κ1) is 14.8. The average molecular weight is 332 g/mol. The van der Waals surface area contributed by atoms with Crippen molar-refractivity contribution in [2.75, 3.05) is 0 Å². The molecular weight excluding hydrogens is 320 g/mol. The minimum atomic E-state index is -0.452. The Morgan fingerprint density at radius 3 is 2.55 bits per heavy atom. The summed E-state index contributed by atoms with van der Waals surface area (Å²) in [5.74, 6) is 0. The van der Waals surface area contributed by atoms with Crippen LogP contribution in [0.15, 0.2) is 46.1 Å². The van der Waals surface area contributed by atoms with Gasteiger partial charge in [-0.3, -0.25) is 18.6 Å². The Labute approximate surface area is 134 Å². The van der Waals surface area contributed by atoms with Crippen LogP contribution in [0.2, 0.25) is 0 Å². The van der Waals surface area contributed by atoms with Gasteiger partial charge in [0, 0.05) is 11.8 Å². The van der Waals surface area contributed by atoms with Crippen LogP contribution < -0.4 is 11.2 Å². The molecule has 2 aromatic heterocycles. The van der Waals surface area contributed by atoms with Crippen LogP contribution in [0.1, 0.15) is 20.8 Å². The summed E-state index contributed by atoms with van der Waals surface area (Å²) in [6.45, 7) is 1.85. The van der Waals surface area contributed by atoms with E-state index in [-0.39, 0.29) is 12.1 Å². The van der Waals surface area contributed by atoms with E-state index in [2.05, 4.69) is 12.6 Å². The third kappa shape index (κ3) is 2.42. The topological polar surface area (TPSA) is 60.6 Å². The van der Waals surface area contributed by atoms with E-state index in [1.807, 2.05) is 30.3 Å². The van der Waals surface area contributed by atoms with Crippen LogP contribution in [0.5, 0.6) is 0 Å². The van der Waals surface area contributed by atoms with Crippen LogP contribution >= 0.6 is 24.0 Å². The molecule has 0 aliphatic rings. The first-order valence-electron chi connectivity index (χ1n) is 6.52. The maximum atomic E-state index is 12.5. The van der Waals surface area contributed by atoms with E-state index >= 15 is 0 Å². The number of aromatic nitrogens is 2. The van der Waals surface area contributed by atoms with Crippen molar-refractivity contribution in [2.24, 2.45) is 0 Å². The van der Waals surface area contributed by atoms with Crippen LogP contribution in [0.4, 0.5) is 0 Å². The Balaban J connectivity index is 2.25. The van der Waals surface area contributed by atoms with Gasteiger partial charge in [0.25, 0.3) is 5.56 Å². The molecule has 0 fully saturated rings. The molecule has 0 saturated heterocycles. The van der Waals surface area contributed by atoms with Gasteiger partial charge in [-0.2, -0.15) is 0 Å². The Morgan fingerprint density at radius 2 is 1.91 bits per heavy atom. The van der Waals surface area contributed by atoms with Crippen molar-refractivity contribution in [3.05, 3.63) is 73.4 Å². The summed E-state index contributed by atoms with van der Waals surface area (Å²) in [7, 11) is 0. The second-order valence-corrected chi connectivity index (χ2v) is 6.30. The third-order valence-corrected chi connectivity index (χ3v) is 4.99. The number of hydrogen-bond acceptors (Lipinski definition) is 4. The minimum Gasteiger partial charge on any atom is -0.281 e. The van der Waals surface area contributed by atoms with E-state index in [0.29, 0.717) is 15.3 Å². The number of thiol groups is 1. The monoisotopic (exact) mass is 332 g/mol. The summed E-state index contributed by atoms with van der Waals surface area (Å²) in [6, 6.07) is 9.28. The Hall–Kier alpha value is -2.12. The highest BCUT2D eigenvalue weighted by Crippen LogP contribution is 2.19. The molecule has 0 N–H and O–H groups in total. The summed E-state index contributed by atoms with van der Waals surface area (Å²) >= 11 is 4.87. The fourth-order valence-corrected chi connectivity index (χ4v) is 3.39. The van der Waals surface area contributed by atoms with Gasteiger partial charge in [-0.25, -0.2) is 4.79 Å². The van der Waals surface area contributed by atoms with Gasteiger partial charge < -0.3 is 0 Å². The molecule has 0 unspecified atom stereocenters. The normalized spacial score (nSPS) is 11.0. The predicted molar refractivity (Wildman–Crippen MR) is 89.4 cm³/mol. The molecule has 0 saturated carbocycles. The molecule has 112 valence electrons. The molecule has 3 rings (SSSR count). The van der Waals surface area contributed by atoms with Gasteiger partial charge in [-0.05, 0) is 12.5 Å². The van der Waals surface area contributed by atoms with Crippen molar-refractivity contribution in [3.8, 4) is 0 Å². The number of carbonyl (C=O) groups is 1. The van der Waals surface area contributed by atoms with E-state index < -0.39 is 10.8 Å². The molecule has 0 radical (unpaired) electrons. The predicted octanol–water partition coefficient (Wildman–Crippen LogP) is 1.95. The molecule has 0 aliphatic heterocycles. The Morgan fingerprint density at radius 1 is 1.23 bits per heavy atom. The van der Waals surface area contributed by atoms with E-state index in [0.717, 1.165) is 16.9 Å². The second-order valence-electron chi connectivity index (χ2n) is 4.86. The maximum absolute atomic E-state index is 12.5. The van der Waals surface area contributed by atoms with Crippen LogP contribution in [0.25, 0.3) is 4.83 Å². The highest BCUT2D eigenvalue weighted by atomic mass is 32.1. The van der Waals surface area contributed by atoms with Gasteiger partial charge in [0.15, 0.2) is 0 Å². The number of carbonyl (C=O) groups excluding carboxylic acids is 1. The van der Waals surface area contributed by atoms with Crippen LogP contribution in [0, 0.1) is 6.92 Å². The summed E-state index contributed by atoms with van der Waals surface area (Å²) < 4.78 is 2.52. The van der Waals surface area contributed by atoms with Crippen LogP contribution in [0.3, 0.4) is 0 Å². The summed E-state index contributed by atoms with van der Waals surface area (Å²) in [6.07, 6.45) is 1.44. The van der Waals surface area contributed by atoms with E-state index in [9.17, 15) is 14.4 Å². The molecule has 0 bridgehead atoms. The van der Waals surface area contributed by atoms with E-state index in [4.69, 9.17) is 0 Å². The molecule has 0 atom stereocenters. The number of hydrogen-bond donors (Lipinski definition) is 1. The second kappa shape index (κ2) is 5.58. The van der Waals surface area contributed by atoms with Gasteiger partial charge in [0.1, 0.15) is 4.83 Å². The molecule has 0 amide bonds. The number of benzene rings is 1. The van der Waals surface area contributed by atoms with Crippen LogP contribution in [-0.4, -0.2) is 14.1 Å². The lowest BCUT2D eigenvalue weighted by Crippen LogP contribution is -2.38. The zero-order valence-corrected chi connectivity index (χ0v) is 13.4. The van der Waals surface area contributed by atoms with Crippen LogP contribution in [-0.2, 0) is 6.54 Å². The van der Waals surface area contributed by atoms with Gasteiger partial charge in [0.2, 0.25) is 5.12 Å². The largest absolute Gasteiger partial charge is 0.336 e. The number of rotatable bonds is 3. The molecule has 1 aromatic carbocycles. The summed E-state index contributed by atoms with van der Waals surface area (Å²) in [5.41, 5.74) is 0.517. The summed E-state index contributed by atoms with van der Waals surface area (Å²) in [4.78, 5) is 37.2. The molecule has 0 aliphatic carbocycles. The molecular formula is C15H12N2O3S2. The third-order valence-electron chi connectivity index (χ3n) is 3.39. The standard InChI is InChI=1S/C15H12N2O3S2/c1-9-12(18)16(7-10-5-3-2-4-6-10)15(20)17-8-11(14(19)21)22-13(9)17/h2-6,8H,7H2,1H3,(H,19,21). The van der Waals surface area contributed by atoms with E-state index in [1.54, 1.807) is 6.92 Å². The Bertz CT molecular complexity index is 984. The minimum absolute atomic E-state index is 0.197. The lowest BCUT2D eigenvalue weighted by atomic mass is 10.2. The molecule has 2 heterocycles. The number of aryl methyl sites for hydroxylation is 1. The molecule has 7 heteroatoms. The van der Waals surface area contributed by atoms with Crippen molar-refractivity contribution in [1.82, 2.24) is 8.97 Å². The molecule has 3 aromatic rings. The quantitative estimate of drug-likeness (QED) is 0.746. The summed E-state index contributed by atoms with van der Waals surface area (Å²) in [5, 5.41) is -0.422. The number of nitrogens with zero attached hydrogens (tertiary/aromatic N) is 2. The zero-order chi connectivity index (χ0) is 15.9. The van der Waals surface area contributed by atoms with Crippen molar-refractivity contribution < 1.29 is 4.79 Å². The van der Waals surface area contributed by atoms with Gasteiger partial charge in [-0.1, -0.05) is 43.0 Å². The van der Waals surface area contributed by atoms with Crippen molar-refractivity contribution in [1.29, 1.82) is 0 Å².